The second kappa shape index (κ2) is 3.85. The van der Waals surface area contributed by atoms with E-state index in [1.54, 1.807) is 0 Å². The van der Waals surface area contributed by atoms with E-state index < -0.39 is 0 Å². The van der Waals surface area contributed by atoms with Crippen LogP contribution in [-0.4, -0.2) is 30.3 Å². The van der Waals surface area contributed by atoms with Gasteiger partial charge in [0.1, 0.15) is 6.23 Å². The molecule has 1 N–H and O–H groups in total. The maximum Gasteiger partial charge on any atom is 0.109 e. The molecule has 0 bridgehead atoms. The van der Waals surface area contributed by atoms with Gasteiger partial charge in [-0.2, -0.15) is 0 Å². The van der Waals surface area contributed by atoms with Crippen LogP contribution < -0.4 is 0 Å². The zero-order valence-electron chi connectivity index (χ0n) is 6.76. The third-order valence-corrected chi connectivity index (χ3v) is 1.68. The Hall–Kier alpha value is -0.0800. The number of hydrogen-bond donors (Lipinski definition) is 1. The topological polar surface area (TPSA) is 23.5 Å². The van der Waals surface area contributed by atoms with E-state index in [0.29, 0.717) is 5.92 Å². The SMILES string of the molecule is CCC(C)C(O)N(C)C. The summed E-state index contributed by atoms with van der Waals surface area (Å²) in [5, 5.41) is 9.32. The molecule has 0 spiro atoms. The minimum Gasteiger partial charge on any atom is -0.378 e. The van der Waals surface area contributed by atoms with Crippen LogP contribution in [0.2, 0.25) is 0 Å². The van der Waals surface area contributed by atoms with Crippen molar-refractivity contribution >= 4 is 0 Å². The third kappa shape index (κ3) is 2.82. The van der Waals surface area contributed by atoms with Crippen molar-refractivity contribution in [3.63, 3.8) is 0 Å². The fourth-order valence-corrected chi connectivity index (χ4v) is 0.720. The Bertz CT molecular complexity index is 73.3. The van der Waals surface area contributed by atoms with Gasteiger partial charge in [0.05, 0.1) is 0 Å². The smallest absolute Gasteiger partial charge is 0.109 e. The Labute approximate surface area is 57.5 Å². The molecule has 2 heteroatoms. The van der Waals surface area contributed by atoms with Crippen LogP contribution in [0, 0.1) is 5.92 Å². The molecule has 0 amide bonds. The number of hydrogen-bond acceptors (Lipinski definition) is 2. The molecule has 0 aromatic rings. The molecule has 0 fully saturated rings. The van der Waals surface area contributed by atoms with Gasteiger partial charge < -0.3 is 5.11 Å². The molecular formula is C7H17NO. The van der Waals surface area contributed by atoms with Gasteiger partial charge in [-0.05, 0) is 26.4 Å². The Morgan fingerprint density at radius 2 is 1.89 bits per heavy atom. The summed E-state index contributed by atoms with van der Waals surface area (Å²) >= 11 is 0. The maximum atomic E-state index is 9.32. The minimum atomic E-state index is -0.282. The summed E-state index contributed by atoms with van der Waals surface area (Å²) in [5.74, 6) is 0.375. The van der Waals surface area contributed by atoms with E-state index in [-0.39, 0.29) is 6.23 Å². The molecule has 56 valence electrons. The zero-order chi connectivity index (χ0) is 7.44. The molecular weight excluding hydrogens is 114 g/mol. The summed E-state index contributed by atoms with van der Waals surface area (Å²) in [4.78, 5) is 1.83. The normalized spacial score (nSPS) is 18.0. The van der Waals surface area contributed by atoms with E-state index in [2.05, 4.69) is 6.92 Å². The molecule has 2 unspecified atom stereocenters. The predicted octanol–water partition coefficient (Wildman–Crippen LogP) is 0.913. The molecule has 0 saturated heterocycles. The highest BCUT2D eigenvalue weighted by molar-refractivity contribution is 4.58. The van der Waals surface area contributed by atoms with Crippen LogP contribution >= 0.6 is 0 Å². The quantitative estimate of drug-likeness (QED) is 0.575. The number of rotatable bonds is 3. The molecule has 2 nitrogen and oxygen atoms in total. The maximum absolute atomic E-state index is 9.32. The monoisotopic (exact) mass is 131 g/mol. The number of aliphatic hydroxyl groups is 1. The standard InChI is InChI=1S/C7H17NO/c1-5-6(2)7(9)8(3)4/h6-7,9H,5H2,1-4H3. The first-order valence-corrected chi connectivity index (χ1v) is 3.44. The lowest BCUT2D eigenvalue weighted by Crippen LogP contribution is -2.33. The van der Waals surface area contributed by atoms with Gasteiger partial charge in [-0.3, -0.25) is 4.90 Å². The Morgan fingerprint density at radius 3 is 2.00 bits per heavy atom. The van der Waals surface area contributed by atoms with Crippen LogP contribution in [0.5, 0.6) is 0 Å². The fourth-order valence-electron chi connectivity index (χ4n) is 0.720. The first-order chi connectivity index (χ1) is 4.09. The molecule has 0 aliphatic carbocycles. The van der Waals surface area contributed by atoms with Crippen molar-refractivity contribution in [2.24, 2.45) is 5.92 Å². The third-order valence-electron chi connectivity index (χ3n) is 1.68. The van der Waals surface area contributed by atoms with Gasteiger partial charge in [-0.15, -0.1) is 0 Å². The average molecular weight is 131 g/mol. The van der Waals surface area contributed by atoms with Gasteiger partial charge in [0, 0.05) is 0 Å². The highest BCUT2D eigenvalue weighted by Crippen LogP contribution is 2.07. The molecule has 0 aromatic heterocycles. The molecule has 0 aromatic carbocycles. The van der Waals surface area contributed by atoms with Gasteiger partial charge in [0.15, 0.2) is 0 Å². The van der Waals surface area contributed by atoms with Crippen LogP contribution in [0.1, 0.15) is 20.3 Å². The van der Waals surface area contributed by atoms with E-state index in [9.17, 15) is 5.11 Å². The highest BCUT2D eigenvalue weighted by Gasteiger charge is 2.12. The van der Waals surface area contributed by atoms with Gasteiger partial charge in [0.25, 0.3) is 0 Å². The summed E-state index contributed by atoms with van der Waals surface area (Å²) in [5.41, 5.74) is 0. The molecule has 0 rings (SSSR count). The second-order valence-electron chi connectivity index (χ2n) is 2.76. The predicted molar refractivity (Wildman–Crippen MR) is 39.1 cm³/mol. The zero-order valence-corrected chi connectivity index (χ0v) is 6.76. The summed E-state index contributed by atoms with van der Waals surface area (Å²) in [6.45, 7) is 4.13. The van der Waals surface area contributed by atoms with E-state index in [1.165, 1.54) is 0 Å². The van der Waals surface area contributed by atoms with E-state index in [4.69, 9.17) is 0 Å². The molecule has 0 aliphatic heterocycles. The number of nitrogens with zero attached hydrogens (tertiary/aromatic N) is 1. The van der Waals surface area contributed by atoms with Crippen LogP contribution in [0.25, 0.3) is 0 Å². The molecule has 0 heterocycles. The molecule has 9 heavy (non-hydrogen) atoms. The van der Waals surface area contributed by atoms with Crippen LogP contribution in [-0.2, 0) is 0 Å². The Balaban J connectivity index is 3.58. The summed E-state index contributed by atoms with van der Waals surface area (Å²) in [6.07, 6.45) is 0.745. The molecule has 0 aliphatic rings. The fraction of sp³-hybridized carbons (Fsp3) is 1.00. The summed E-state index contributed by atoms with van der Waals surface area (Å²) in [7, 11) is 3.77. The van der Waals surface area contributed by atoms with E-state index in [0.717, 1.165) is 6.42 Å². The van der Waals surface area contributed by atoms with Crippen LogP contribution in [0.15, 0.2) is 0 Å². The largest absolute Gasteiger partial charge is 0.378 e. The van der Waals surface area contributed by atoms with Crippen LogP contribution in [0.4, 0.5) is 0 Å². The van der Waals surface area contributed by atoms with Crippen molar-refractivity contribution in [2.45, 2.75) is 26.5 Å². The lowest BCUT2D eigenvalue weighted by Gasteiger charge is -2.23. The minimum absolute atomic E-state index is 0.282. The molecule has 0 radical (unpaired) electrons. The van der Waals surface area contributed by atoms with Crippen molar-refractivity contribution in [1.82, 2.24) is 4.90 Å². The highest BCUT2D eigenvalue weighted by atomic mass is 16.3. The lowest BCUT2D eigenvalue weighted by molar-refractivity contribution is -0.00486. The van der Waals surface area contributed by atoms with Crippen molar-refractivity contribution in [3.8, 4) is 0 Å². The first-order valence-electron chi connectivity index (χ1n) is 3.44. The summed E-state index contributed by atoms with van der Waals surface area (Å²) in [6, 6.07) is 0. The van der Waals surface area contributed by atoms with Gasteiger partial charge >= 0.3 is 0 Å². The lowest BCUT2D eigenvalue weighted by atomic mass is 10.1. The molecule has 2 atom stereocenters. The average Bonchev–Trinajstić information content (AvgIpc) is 1.84. The van der Waals surface area contributed by atoms with Gasteiger partial charge in [-0.1, -0.05) is 13.8 Å². The first kappa shape index (κ1) is 8.92. The van der Waals surface area contributed by atoms with Crippen molar-refractivity contribution in [3.05, 3.63) is 0 Å². The van der Waals surface area contributed by atoms with E-state index in [1.807, 2.05) is 25.9 Å². The van der Waals surface area contributed by atoms with Gasteiger partial charge in [-0.25, -0.2) is 0 Å². The Morgan fingerprint density at radius 1 is 1.44 bits per heavy atom. The Kier molecular flexibility index (Phi) is 3.82. The number of aliphatic hydroxyl groups excluding tert-OH is 1. The van der Waals surface area contributed by atoms with E-state index >= 15 is 0 Å². The van der Waals surface area contributed by atoms with Gasteiger partial charge in [0.2, 0.25) is 0 Å². The van der Waals surface area contributed by atoms with Crippen molar-refractivity contribution in [2.75, 3.05) is 14.1 Å². The van der Waals surface area contributed by atoms with Crippen molar-refractivity contribution < 1.29 is 5.11 Å². The molecule has 0 saturated carbocycles. The summed E-state index contributed by atoms with van der Waals surface area (Å²) < 4.78 is 0. The van der Waals surface area contributed by atoms with Crippen molar-refractivity contribution in [1.29, 1.82) is 0 Å². The second-order valence-corrected chi connectivity index (χ2v) is 2.76. The van der Waals surface area contributed by atoms with Crippen LogP contribution in [0.3, 0.4) is 0 Å².